The van der Waals surface area contributed by atoms with Crippen molar-refractivity contribution < 1.29 is 22.3 Å². The molecule has 0 spiro atoms. The van der Waals surface area contributed by atoms with E-state index in [1.165, 1.54) is 43.4 Å². The third-order valence-corrected chi connectivity index (χ3v) is 6.85. The molecule has 0 saturated heterocycles. The summed E-state index contributed by atoms with van der Waals surface area (Å²) < 4.78 is 53.6. The number of aliphatic hydroxyl groups is 1. The summed E-state index contributed by atoms with van der Waals surface area (Å²) >= 11 is 11.9. The van der Waals surface area contributed by atoms with Crippen LogP contribution in [0.1, 0.15) is 22.9 Å². The van der Waals surface area contributed by atoms with Crippen molar-refractivity contribution in [1.82, 2.24) is 14.3 Å². The van der Waals surface area contributed by atoms with Crippen molar-refractivity contribution in [2.24, 2.45) is 0 Å². The molecular weight excluding hydrogens is 459 g/mol. The molecule has 0 unspecified atom stereocenters. The van der Waals surface area contributed by atoms with Crippen LogP contribution in [-0.2, 0) is 10.0 Å². The Hall–Kier alpha value is -2.04. The van der Waals surface area contributed by atoms with E-state index in [0.717, 1.165) is 10.5 Å². The predicted octanol–water partition coefficient (Wildman–Crippen LogP) is 3.79. The summed E-state index contributed by atoms with van der Waals surface area (Å²) in [6.07, 6.45) is 1.14. The van der Waals surface area contributed by atoms with Crippen molar-refractivity contribution in [2.45, 2.75) is 10.9 Å². The highest BCUT2D eigenvalue weighted by Crippen LogP contribution is 2.34. The molecule has 1 aromatic heterocycles. The van der Waals surface area contributed by atoms with Gasteiger partial charge in [0.05, 0.1) is 28.8 Å². The van der Waals surface area contributed by atoms with E-state index in [1.807, 2.05) is 0 Å². The second-order valence-electron chi connectivity index (χ2n) is 6.46. The molecule has 0 aliphatic carbocycles. The van der Waals surface area contributed by atoms with E-state index in [2.05, 4.69) is 9.97 Å². The molecule has 0 bridgehead atoms. The first-order valence-electron chi connectivity index (χ1n) is 8.67. The van der Waals surface area contributed by atoms with Gasteiger partial charge in [0.25, 0.3) is 10.0 Å². The maximum absolute atomic E-state index is 13.7. The number of hydrogen-bond donors (Lipinski definition) is 2. The van der Waals surface area contributed by atoms with Crippen LogP contribution in [0, 0.1) is 11.6 Å². The molecule has 1 heterocycles. The summed E-state index contributed by atoms with van der Waals surface area (Å²) in [6, 6.07) is 8.05. The van der Waals surface area contributed by atoms with Crippen LogP contribution in [0.3, 0.4) is 0 Å². The van der Waals surface area contributed by atoms with Gasteiger partial charge in [-0.15, -0.1) is 0 Å². The fraction of sp³-hybridized carbons (Fsp3) is 0.211. The van der Waals surface area contributed by atoms with Crippen molar-refractivity contribution in [3.05, 3.63) is 81.2 Å². The second kappa shape index (κ2) is 8.99. The van der Waals surface area contributed by atoms with Crippen molar-refractivity contribution in [2.75, 3.05) is 20.2 Å². The number of aliphatic hydroxyl groups excluding tert-OH is 1. The van der Waals surface area contributed by atoms with Crippen LogP contribution in [0.2, 0.25) is 10.0 Å². The lowest BCUT2D eigenvalue weighted by molar-refractivity contribution is 0.266. The Balaban J connectivity index is 2.13. The minimum Gasteiger partial charge on any atom is -0.395 e. The Morgan fingerprint density at radius 3 is 2.10 bits per heavy atom. The first kappa shape index (κ1) is 22.6. The maximum Gasteiger partial charge on any atom is 0.259 e. The highest BCUT2D eigenvalue weighted by Gasteiger charge is 2.27. The van der Waals surface area contributed by atoms with Crippen molar-refractivity contribution in [3.63, 3.8) is 0 Å². The molecule has 0 amide bonds. The molecule has 0 fully saturated rings. The molecule has 0 atom stereocenters. The lowest BCUT2D eigenvalue weighted by Gasteiger charge is -2.18. The Morgan fingerprint density at radius 2 is 1.63 bits per heavy atom. The van der Waals surface area contributed by atoms with Gasteiger partial charge in [0.1, 0.15) is 17.5 Å². The molecule has 0 saturated carbocycles. The van der Waals surface area contributed by atoms with Crippen molar-refractivity contribution in [1.29, 1.82) is 0 Å². The summed E-state index contributed by atoms with van der Waals surface area (Å²) in [6.45, 7) is -0.442. The Kier molecular flexibility index (Phi) is 6.78. The van der Waals surface area contributed by atoms with Gasteiger partial charge >= 0.3 is 0 Å². The quantitative estimate of drug-likeness (QED) is 0.544. The molecule has 6 nitrogen and oxygen atoms in total. The van der Waals surface area contributed by atoms with Gasteiger partial charge in [0, 0.05) is 13.6 Å². The number of halogens is 4. The second-order valence-corrected chi connectivity index (χ2v) is 9.29. The molecule has 2 aromatic carbocycles. The van der Waals surface area contributed by atoms with Crippen LogP contribution in [0.4, 0.5) is 8.78 Å². The van der Waals surface area contributed by atoms with Crippen LogP contribution in [0.5, 0.6) is 0 Å². The van der Waals surface area contributed by atoms with E-state index >= 15 is 0 Å². The molecule has 3 rings (SSSR count). The van der Waals surface area contributed by atoms with Gasteiger partial charge in [-0.2, -0.15) is 4.31 Å². The monoisotopic (exact) mass is 475 g/mol. The molecule has 160 valence electrons. The molecule has 11 heteroatoms. The molecule has 30 heavy (non-hydrogen) atoms. The SMILES string of the molecule is CN(CCO)S(=O)(=O)c1cnc(C(c2ccc(F)c(Cl)c2)c2ccc(F)c(Cl)c2)[nH]1. The number of nitrogens with zero attached hydrogens (tertiary/aromatic N) is 2. The summed E-state index contributed by atoms with van der Waals surface area (Å²) in [5.41, 5.74) is 0.983. The number of aromatic nitrogens is 2. The number of aromatic amines is 1. The minimum absolute atomic E-state index is 0.0960. The number of sulfonamides is 1. The Bertz CT molecular complexity index is 1120. The van der Waals surface area contributed by atoms with E-state index < -0.39 is 27.6 Å². The van der Waals surface area contributed by atoms with Crippen LogP contribution < -0.4 is 0 Å². The highest BCUT2D eigenvalue weighted by atomic mass is 35.5. The Morgan fingerprint density at radius 1 is 1.10 bits per heavy atom. The van der Waals surface area contributed by atoms with E-state index in [9.17, 15) is 17.2 Å². The number of likely N-dealkylation sites (N-methyl/N-ethyl adjacent to an activating group) is 1. The molecule has 0 radical (unpaired) electrons. The maximum atomic E-state index is 13.7. The zero-order valence-electron chi connectivity index (χ0n) is 15.6. The van der Waals surface area contributed by atoms with E-state index in [1.54, 1.807) is 0 Å². The van der Waals surface area contributed by atoms with Crippen LogP contribution >= 0.6 is 23.2 Å². The third-order valence-electron chi connectivity index (χ3n) is 4.50. The first-order valence-corrected chi connectivity index (χ1v) is 10.9. The number of rotatable bonds is 7. The minimum atomic E-state index is -3.92. The van der Waals surface area contributed by atoms with Crippen molar-refractivity contribution >= 4 is 33.2 Å². The smallest absolute Gasteiger partial charge is 0.259 e. The zero-order valence-corrected chi connectivity index (χ0v) is 17.9. The predicted molar refractivity (Wildman–Crippen MR) is 109 cm³/mol. The van der Waals surface area contributed by atoms with E-state index in [0.29, 0.717) is 11.1 Å². The lowest BCUT2D eigenvalue weighted by Crippen LogP contribution is -2.29. The summed E-state index contributed by atoms with van der Waals surface area (Å²) in [5, 5.41) is 8.56. The average Bonchev–Trinajstić information content (AvgIpc) is 3.18. The Labute approximate surface area is 182 Å². The number of benzene rings is 2. The number of H-pyrrole nitrogens is 1. The fourth-order valence-corrected chi connectivity index (χ4v) is 4.37. The van der Waals surface area contributed by atoms with Gasteiger partial charge in [0.15, 0.2) is 5.03 Å². The van der Waals surface area contributed by atoms with Gasteiger partial charge in [-0.1, -0.05) is 35.3 Å². The van der Waals surface area contributed by atoms with Crippen molar-refractivity contribution in [3.8, 4) is 0 Å². The van der Waals surface area contributed by atoms with Gasteiger partial charge in [-0.3, -0.25) is 0 Å². The normalized spacial score (nSPS) is 12.1. The van der Waals surface area contributed by atoms with Gasteiger partial charge in [-0.25, -0.2) is 22.2 Å². The van der Waals surface area contributed by atoms with Crippen LogP contribution in [-0.4, -0.2) is 48.0 Å². The zero-order chi connectivity index (χ0) is 22.1. The first-order chi connectivity index (χ1) is 14.1. The standard InChI is InChI=1S/C19H17Cl2F2N3O3S/c1-26(6-7-27)30(28,29)17-10-24-19(25-17)18(11-2-4-15(22)13(20)8-11)12-3-5-16(23)14(21)9-12/h2-5,8-10,18,27H,6-7H2,1H3,(H,24,25). The molecule has 3 aromatic rings. The van der Waals surface area contributed by atoms with Gasteiger partial charge in [-0.05, 0) is 35.4 Å². The molecule has 0 aliphatic heterocycles. The topological polar surface area (TPSA) is 86.3 Å². The number of imidazole rings is 1. The van der Waals surface area contributed by atoms with E-state index in [4.69, 9.17) is 28.3 Å². The molecule has 2 N–H and O–H groups in total. The van der Waals surface area contributed by atoms with Gasteiger partial charge < -0.3 is 10.1 Å². The largest absolute Gasteiger partial charge is 0.395 e. The molecular formula is C19H17Cl2F2N3O3S. The summed E-state index contributed by atoms with van der Waals surface area (Å²) in [4.78, 5) is 6.95. The van der Waals surface area contributed by atoms with Crippen LogP contribution in [0.15, 0.2) is 47.6 Å². The third kappa shape index (κ3) is 4.50. The van der Waals surface area contributed by atoms with E-state index in [-0.39, 0.29) is 34.0 Å². The number of hydrogen-bond acceptors (Lipinski definition) is 4. The molecule has 0 aliphatic rings. The summed E-state index contributed by atoms with van der Waals surface area (Å²) in [5.74, 6) is -1.76. The lowest BCUT2D eigenvalue weighted by atomic mass is 9.90. The average molecular weight is 476 g/mol. The van der Waals surface area contributed by atoms with Gasteiger partial charge in [0.2, 0.25) is 0 Å². The fourth-order valence-electron chi connectivity index (χ4n) is 2.92. The highest BCUT2D eigenvalue weighted by molar-refractivity contribution is 7.89. The van der Waals surface area contributed by atoms with Crippen LogP contribution in [0.25, 0.3) is 0 Å². The number of nitrogens with one attached hydrogen (secondary N) is 1. The summed E-state index contributed by atoms with van der Waals surface area (Å²) in [7, 11) is -2.60.